The van der Waals surface area contributed by atoms with Crippen LogP contribution in [-0.2, 0) is 4.79 Å². The molecule has 4 nitrogen and oxygen atoms in total. The van der Waals surface area contributed by atoms with Gasteiger partial charge < -0.3 is 10.6 Å². The first-order valence-corrected chi connectivity index (χ1v) is 6.90. The van der Waals surface area contributed by atoms with Crippen LogP contribution in [0.1, 0.15) is 26.7 Å². The lowest BCUT2D eigenvalue weighted by Gasteiger charge is -2.19. The minimum absolute atomic E-state index is 0.0779. The van der Waals surface area contributed by atoms with Crippen LogP contribution < -0.4 is 10.6 Å². The third kappa shape index (κ3) is 2.70. The lowest BCUT2D eigenvalue weighted by molar-refractivity contribution is -0.123. The summed E-state index contributed by atoms with van der Waals surface area (Å²) in [6, 6.07) is 0.324. The average molecular weight is 241 g/mol. The molecule has 2 atom stereocenters. The number of nitrogens with zero attached hydrogens (tertiary/aromatic N) is 1. The first kappa shape index (κ1) is 11.8. The van der Waals surface area contributed by atoms with Crippen molar-refractivity contribution >= 4 is 22.8 Å². The second-order valence-corrected chi connectivity index (χ2v) is 5.70. The second-order valence-electron chi connectivity index (χ2n) is 4.69. The molecule has 0 saturated carbocycles. The number of amidine groups is 1. The summed E-state index contributed by atoms with van der Waals surface area (Å²) < 4.78 is 0. The minimum Gasteiger partial charge on any atom is -0.361 e. The van der Waals surface area contributed by atoms with Gasteiger partial charge in [0.25, 0.3) is 0 Å². The summed E-state index contributed by atoms with van der Waals surface area (Å²) in [4.78, 5) is 16.0. The van der Waals surface area contributed by atoms with Crippen LogP contribution in [-0.4, -0.2) is 35.5 Å². The highest BCUT2D eigenvalue weighted by Crippen LogP contribution is 2.20. The molecule has 0 aromatic rings. The summed E-state index contributed by atoms with van der Waals surface area (Å²) in [5.74, 6) is 1.75. The zero-order valence-electron chi connectivity index (χ0n) is 9.82. The number of hydrogen-bond acceptors (Lipinski definition) is 3. The normalized spacial score (nSPS) is 32.9. The Balaban J connectivity index is 1.94. The number of thioether (sulfide) groups is 1. The molecular formula is C11H19N3OS. The largest absolute Gasteiger partial charge is 0.361 e. The number of amides is 1. The maximum Gasteiger partial charge on any atom is 0.244 e. The van der Waals surface area contributed by atoms with Crippen LogP contribution in [0.15, 0.2) is 4.99 Å². The minimum atomic E-state index is -0.172. The van der Waals surface area contributed by atoms with E-state index in [0.29, 0.717) is 12.0 Å². The van der Waals surface area contributed by atoms with E-state index in [0.717, 1.165) is 30.3 Å². The lowest BCUT2D eigenvalue weighted by Crippen LogP contribution is -2.40. The van der Waals surface area contributed by atoms with Crippen molar-refractivity contribution in [3.05, 3.63) is 0 Å². The number of carbonyl (C=O) groups is 1. The lowest BCUT2D eigenvalue weighted by atomic mass is 10.1. The van der Waals surface area contributed by atoms with Crippen LogP contribution in [0.3, 0.4) is 0 Å². The van der Waals surface area contributed by atoms with Gasteiger partial charge in [0.1, 0.15) is 6.04 Å². The SMILES string of the molecule is CC(C)[C@H]1CSC(=NC2CCCNC2=O)N1. The predicted molar refractivity (Wildman–Crippen MR) is 67.7 cm³/mol. The van der Waals surface area contributed by atoms with E-state index in [4.69, 9.17) is 0 Å². The molecule has 2 aliphatic heterocycles. The summed E-state index contributed by atoms with van der Waals surface area (Å²) >= 11 is 1.73. The molecule has 5 heteroatoms. The van der Waals surface area contributed by atoms with Crippen LogP contribution in [0.25, 0.3) is 0 Å². The first-order chi connectivity index (χ1) is 7.66. The summed E-state index contributed by atoms with van der Waals surface area (Å²) in [5, 5.41) is 7.19. The molecule has 2 saturated heterocycles. The van der Waals surface area contributed by atoms with Gasteiger partial charge in [-0.15, -0.1) is 0 Å². The van der Waals surface area contributed by atoms with Crippen LogP contribution in [0.2, 0.25) is 0 Å². The van der Waals surface area contributed by atoms with Gasteiger partial charge >= 0.3 is 0 Å². The van der Waals surface area contributed by atoms with Crippen molar-refractivity contribution in [1.82, 2.24) is 10.6 Å². The van der Waals surface area contributed by atoms with Crippen LogP contribution in [0, 0.1) is 5.92 Å². The van der Waals surface area contributed by atoms with Crippen molar-refractivity contribution in [2.24, 2.45) is 10.9 Å². The quantitative estimate of drug-likeness (QED) is 0.758. The number of piperidine rings is 1. The smallest absolute Gasteiger partial charge is 0.244 e. The van der Waals surface area contributed by atoms with Crippen molar-refractivity contribution in [1.29, 1.82) is 0 Å². The zero-order chi connectivity index (χ0) is 11.5. The Kier molecular flexibility index (Phi) is 3.74. The van der Waals surface area contributed by atoms with Gasteiger partial charge in [0.2, 0.25) is 5.91 Å². The Hall–Kier alpha value is -0.710. The van der Waals surface area contributed by atoms with E-state index in [9.17, 15) is 4.79 Å². The van der Waals surface area contributed by atoms with Crippen molar-refractivity contribution in [3.63, 3.8) is 0 Å². The summed E-state index contributed by atoms with van der Waals surface area (Å²) in [7, 11) is 0. The van der Waals surface area contributed by atoms with Crippen molar-refractivity contribution < 1.29 is 4.79 Å². The first-order valence-electron chi connectivity index (χ1n) is 5.91. The highest BCUT2D eigenvalue weighted by atomic mass is 32.2. The maximum absolute atomic E-state index is 11.5. The molecule has 1 amide bonds. The number of hydrogen-bond donors (Lipinski definition) is 2. The van der Waals surface area contributed by atoms with E-state index in [2.05, 4.69) is 29.5 Å². The maximum atomic E-state index is 11.5. The third-order valence-electron chi connectivity index (χ3n) is 3.04. The molecule has 1 unspecified atom stereocenters. The molecule has 90 valence electrons. The molecule has 16 heavy (non-hydrogen) atoms. The van der Waals surface area contributed by atoms with Crippen molar-refractivity contribution in [3.8, 4) is 0 Å². The molecule has 0 radical (unpaired) electrons. The highest BCUT2D eigenvalue weighted by molar-refractivity contribution is 8.14. The van der Waals surface area contributed by atoms with Gasteiger partial charge in [0, 0.05) is 18.3 Å². The Bertz CT molecular complexity index is 304. The van der Waals surface area contributed by atoms with E-state index < -0.39 is 0 Å². The Morgan fingerprint density at radius 2 is 2.31 bits per heavy atom. The van der Waals surface area contributed by atoms with Crippen LogP contribution in [0.4, 0.5) is 0 Å². The molecule has 2 fully saturated rings. The van der Waals surface area contributed by atoms with Gasteiger partial charge in [0.05, 0.1) is 0 Å². The third-order valence-corrected chi connectivity index (χ3v) is 4.07. The Morgan fingerprint density at radius 1 is 1.50 bits per heavy atom. The molecule has 0 aliphatic carbocycles. The Labute approximate surface area is 101 Å². The summed E-state index contributed by atoms with van der Waals surface area (Å²) in [6.45, 7) is 5.21. The van der Waals surface area contributed by atoms with E-state index in [1.165, 1.54) is 0 Å². The number of aliphatic imine (C=N–C) groups is 1. The molecule has 2 aliphatic rings. The molecule has 2 heterocycles. The van der Waals surface area contributed by atoms with Gasteiger partial charge in [-0.05, 0) is 18.8 Å². The molecule has 0 aromatic carbocycles. The fourth-order valence-electron chi connectivity index (χ4n) is 1.86. The van der Waals surface area contributed by atoms with Crippen LogP contribution >= 0.6 is 11.8 Å². The molecule has 0 spiro atoms. The topological polar surface area (TPSA) is 53.5 Å². The fraction of sp³-hybridized carbons (Fsp3) is 0.818. The van der Waals surface area contributed by atoms with Crippen molar-refractivity contribution in [2.75, 3.05) is 12.3 Å². The monoisotopic (exact) mass is 241 g/mol. The van der Waals surface area contributed by atoms with Crippen molar-refractivity contribution in [2.45, 2.75) is 38.8 Å². The number of nitrogens with one attached hydrogen (secondary N) is 2. The van der Waals surface area contributed by atoms with Gasteiger partial charge in [-0.1, -0.05) is 25.6 Å². The molecule has 2 N–H and O–H groups in total. The second kappa shape index (κ2) is 5.08. The molecule has 2 rings (SSSR count). The van der Waals surface area contributed by atoms with Crippen LogP contribution in [0.5, 0.6) is 0 Å². The fourth-order valence-corrected chi connectivity index (χ4v) is 3.11. The zero-order valence-corrected chi connectivity index (χ0v) is 10.6. The average Bonchev–Trinajstić information content (AvgIpc) is 2.70. The van der Waals surface area contributed by atoms with E-state index in [1.54, 1.807) is 11.8 Å². The van der Waals surface area contributed by atoms with Gasteiger partial charge in [0.15, 0.2) is 5.17 Å². The van der Waals surface area contributed by atoms with E-state index in [1.807, 2.05) is 0 Å². The van der Waals surface area contributed by atoms with Gasteiger partial charge in [-0.2, -0.15) is 0 Å². The molecule has 0 bridgehead atoms. The van der Waals surface area contributed by atoms with E-state index >= 15 is 0 Å². The Morgan fingerprint density at radius 3 is 2.94 bits per heavy atom. The van der Waals surface area contributed by atoms with Gasteiger partial charge in [-0.25, -0.2) is 4.99 Å². The summed E-state index contributed by atoms with van der Waals surface area (Å²) in [5.41, 5.74) is 0. The molecular weight excluding hydrogens is 222 g/mol. The number of carbonyl (C=O) groups excluding carboxylic acids is 1. The summed E-state index contributed by atoms with van der Waals surface area (Å²) in [6.07, 6.45) is 1.91. The van der Waals surface area contributed by atoms with E-state index in [-0.39, 0.29) is 11.9 Å². The van der Waals surface area contributed by atoms with Gasteiger partial charge in [-0.3, -0.25) is 4.79 Å². The predicted octanol–water partition coefficient (Wildman–Crippen LogP) is 0.982. The standard InChI is InChI=1S/C11H19N3OS/c1-7(2)9-6-16-11(14-9)13-8-4-3-5-12-10(8)15/h7-9H,3-6H2,1-2H3,(H,12,15)(H,13,14)/t8?,9-/m1/s1. The highest BCUT2D eigenvalue weighted by Gasteiger charge is 2.26. The number of rotatable bonds is 2. The molecule has 0 aromatic heterocycles.